The Morgan fingerprint density at radius 1 is 0.548 bits per heavy atom. The lowest BCUT2D eigenvalue weighted by molar-refractivity contribution is -0.904. The van der Waals surface area contributed by atoms with Crippen LogP contribution in [-0.4, -0.2) is 171 Å². The van der Waals surface area contributed by atoms with Gasteiger partial charge >= 0.3 is 0 Å². The van der Waals surface area contributed by atoms with E-state index in [1.165, 1.54) is 58.2 Å². The van der Waals surface area contributed by atoms with E-state index in [1.54, 1.807) is 57.7 Å². The average molecular weight is 1280 g/mol. The molecule has 2 aromatic heterocycles. The Bertz CT molecular complexity index is 3640. The second kappa shape index (κ2) is 35.7. The van der Waals surface area contributed by atoms with Crippen molar-refractivity contribution in [2.24, 2.45) is 26.4 Å². The number of pyridine rings is 2. The summed E-state index contributed by atoms with van der Waals surface area (Å²) in [6.45, 7) is 8.02. The van der Waals surface area contributed by atoms with Crippen LogP contribution in [0, 0.1) is 0 Å². The summed E-state index contributed by atoms with van der Waals surface area (Å²) >= 11 is 0. The lowest BCUT2D eigenvalue weighted by Gasteiger charge is -2.24. The molecule has 1 aliphatic carbocycles. The number of amides is 3. The first-order chi connectivity index (χ1) is 45.1. The van der Waals surface area contributed by atoms with Gasteiger partial charge in [-0.2, -0.15) is 15.3 Å². The number of oxime groups is 1. The number of aldehydes is 1. The third kappa shape index (κ3) is 19.7. The van der Waals surface area contributed by atoms with Crippen molar-refractivity contribution in [3.05, 3.63) is 167 Å². The molecule has 0 saturated carbocycles. The third-order valence-corrected chi connectivity index (χ3v) is 14.1. The molecule has 0 fully saturated rings. The molecule has 4 aliphatic rings. The van der Waals surface area contributed by atoms with Gasteiger partial charge in [0.2, 0.25) is 24.8 Å². The van der Waals surface area contributed by atoms with Crippen molar-refractivity contribution in [1.29, 1.82) is 0 Å². The molecule has 0 bridgehead atoms. The first-order valence-corrected chi connectivity index (χ1v) is 29.8. The van der Waals surface area contributed by atoms with Crippen LogP contribution in [0.5, 0.6) is 34.5 Å². The van der Waals surface area contributed by atoms with Gasteiger partial charge in [0.1, 0.15) is 13.2 Å². The number of nitrogens with zero attached hydrogens (tertiary/aromatic N) is 9. The highest BCUT2D eigenvalue weighted by Crippen LogP contribution is 2.33. The topological polar surface area (TPSA) is 319 Å². The van der Waals surface area contributed by atoms with Crippen LogP contribution in [0.1, 0.15) is 113 Å². The van der Waals surface area contributed by atoms with Gasteiger partial charge in [0, 0.05) is 92.3 Å². The number of ether oxygens (including phenoxy) is 7. The smallest absolute Gasteiger partial charge is 0.283 e. The lowest BCUT2D eigenvalue weighted by atomic mass is 10.0. The number of carbonyl (C=O) groups is 6. The number of hydrogen-bond donors (Lipinski definition) is 3. The molecule has 93 heavy (non-hydrogen) atoms. The van der Waals surface area contributed by atoms with Crippen molar-refractivity contribution < 1.29 is 91.5 Å². The van der Waals surface area contributed by atoms with Gasteiger partial charge in [0.15, 0.2) is 65.1 Å². The zero-order valence-electron chi connectivity index (χ0n) is 52.6. The summed E-state index contributed by atoms with van der Waals surface area (Å²) in [5.74, 6) is 7.06. The van der Waals surface area contributed by atoms with Crippen LogP contribution in [0.3, 0.4) is 0 Å². The van der Waals surface area contributed by atoms with Crippen molar-refractivity contribution in [3.63, 3.8) is 0 Å². The maximum absolute atomic E-state index is 12.7. The Kier molecular flexibility index (Phi) is 26.8. The first kappa shape index (κ1) is 69.8. The monoisotopic (exact) mass is 1280 g/mol. The predicted octanol–water partition coefficient (Wildman–Crippen LogP) is 6.22. The highest BCUT2D eigenvalue weighted by atomic mass is 16.6. The van der Waals surface area contributed by atoms with Gasteiger partial charge in [-0.15, -0.1) is 0 Å². The van der Waals surface area contributed by atoms with E-state index in [1.807, 2.05) is 75.4 Å². The minimum Gasteiger partial charge on any atom is -0.493 e. The summed E-state index contributed by atoms with van der Waals surface area (Å²) in [4.78, 5) is 81.4. The SMILES string of the molecule is CCOc1cc(C2=NN(C(=O)CO/N=C/c3cc[n+](O)cc3)CCC2)ccc1OC.CCOc1cc(C2=NN(C(=O)COC3C(=O)c4ccccc4C3=O)CCC2)ccc1OC.CCOc1cc(C2=NN(C(=O)CON)CCC2)ccc1OC.O=Cc1cc[n+](O)cc1. The Morgan fingerprint density at radius 2 is 0.925 bits per heavy atom. The number of benzene rings is 4. The molecular weight excluding hydrogens is 1200 g/mol. The Hall–Kier alpha value is -10.6. The molecule has 4 aromatic carbocycles. The van der Waals surface area contributed by atoms with E-state index >= 15 is 0 Å². The number of aromatic nitrogens is 2. The molecule has 6 aromatic rings. The minimum atomic E-state index is -1.28. The Balaban J connectivity index is 0.000000187. The number of rotatable bonds is 22. The maximum Gasteiger partial charge on any atom is 0.283 e. The minimum absolute atomic E-state index is 0.177. The summed E-state index contributed by atoms with van der Waals surface area (Å²) in [5.41, 5.74) is 6.98. The van der Waals surface area contributed by atoms with Crippen molar-refractivity contribution in [2.45, 2.75) is 65.4 Å². The van der Waals surface area contributed by atoms with Crippen LogP contribution in [0.15, 0.2) is 148 Å². The molecule has 0 saturated heterocycles. The lowest BCUT2D eigenvalue weighted by Crippen LogP contribution is -2.37. The van der Waals surface area contributed by atoms with E-state index in [-0.39, 0.29) is 25.0 Å². The predicted molar refractivity (Wildman–Crippen MR) is 336 cm³/mol. The molecule has 27 nitrogen and oxygen atoms in total. The van der Waals surface area contributed by atoms with Gasteiger partial charge in [-0.05, 0) is 114 Å². The quantitative estimate of drug-likeness (QED) is 0.0170. The van der Waals surface area contributed by atoms with E-state index in [0.29, 0.717) is 97.1 Å². The van der Waals surface area contributed by atoms with Crippen LogP contribution < -0.4 is 43.8 Å². The first-order valence-electron chi connectivity index (χ1n) is 29.8. The number of hydrogen-bond acceptors (Lipinski definition) is 22. The Morgan fingerprint density at radius 3 is 1.29 bits per heavy atom. The molecule has 0 atom stereocenters. The highest BCUT2D eigenvalue weighted by Gasteiger charge is 2.40. The van der Waals surface area contributed by atoms with Crippen molar-refractivity contribution in [2.75, 3.05) is 80.6 Å². The van der Waals surface area contributed by atoms with Crippen LogP contribution in [0.2, 0.25) is 0 Å². The van der Waals surface area contributed by atoms with Crippen LogP contribution >= 0.6 is 0 Å². The fourth-order valence-electron chi connectivity index (χ4n) is 9.58. The van der Waals surface area contributed by atoms with Crippen LogP contribution in [-0.2, 0) is 28.8 Å². The summed E-state index contributed by atoms with van der Waals surface area (Å²) < 4.78 is 40.0. The Labute approximate surface area is 537 Å². The standard InChI is InChI=1S/C24H24N2O6.C21H25N4O5.C15H21N3O4.C6H6NO2/c1-3-31-20-13-15(10-11-19(20)30-2)18-9-6-12-26(25-18)21(27)14-32-24-22(28)16-7-4-5-8-17(16)23(24)29;1-3-29-20-13-17(6-7-19(20)28-2)18-5-4-10-25(23-18)21(26)15-30-22-14-16-8-11-24(27)12-9-16;1-3-21-14-9-11(6-7-13(14)20-2)12-5-4-8-18(17-12)15(19)10-22-16;8-5-6-1-3-7(9)4-2-6/h4-5,7-8,10-11,13,24H,3,6,9,12,14H2,1-2H3;6-9,11-14,27H,3-5,10,15H2,1-2H3;6-7,9H,3-5,8,10,16H2,1-2H3;1-5,9H/q;+1;;+1/b;22-14+;;. The fourth-order valence-corrected chi connectivity index (χ4v) is 9.58. The van der Waals surface area contributed by atoms with E-state index in [2.05, 4.69) is 25.3 Å². The summed E-state index contributed by atoms with van der Waals surface area (Å²) in [6.07, 6.45) is 11.3. The van der Waals surface area contributed by atoms with Crippen molar-refractivity contribution in [1.82, 2.24) is 15.0 Å². The molecule has 490 valence electrons. The number of ketones is 2. The fraction of sp³-hybridized carbons (Fsp3) is 0.333. The zero-order chi connectivity index (χ0) is 66.7. The van der Waals surface area contributed by atoms with Crippen LogP contribution in [0.25, 0.3) is 0 Å². The van der Waals surface area contributed by atoms with Gasteiger partial charge in [-0.1, -0.05) is 29.4 Å². The molecule has 10 rings (SSSR count). The molecule has 5 heterocycles. The van der Waals surface area contributed by atoms with E-state index in [9.17, 15) is 34.0 Å². The largest absolute Gasteiger partial charge is 0.493 e. The molecule has 4 N–H and O–H groups in total. The molecule has 0 spiro atoms. The number of nitrogens with two attached hydrogens (primary N) is 1. The van der Waals surface area contributed by atoms with Gasteiger partial charge in [-0.25, -0.2) is 20.9 Å². The molecule has 0 radical (unpaired) electrons. The van der Waals surface area contributed by atoms with E-state index in [0.717, 1.165) is 87.2 Å². The summed E-state index contributed by atoms with van der Waals surface area (Å²) in [5, 5.41) is 39.2. The van der Waals surface area contributed by atoms with Crippen molar-refractivity contribution >= 4 is 58.9 Å². The zero-order valence-corrected chi connectivity index (χ0v) is 52.6. The average Bonchev–Trinajstić information content (AvgIpc) is 1.72. The maximum atomic E-state index is 12.7. The van der Waals surface area contributed by atoms with E-state index < -0.39 is 30.2 Å². The number of carbonyl (C=O) groups excluding carboxylic acids is 6. The normalized spacial score (nSPS) is 14.3. The van der Waals surface area contributed by atoms with Crippen molar-refractivity contribution in [3.8, 4) is 34.5 Å². The molecule has 27 heteroatoms. The highest BCUT2D eigenvalue weighted by molar-refractivity contribution is 6.28. The molecule has 0 unspecified atom stereocenters. The third-order valence-electron chi connectivity index (χ3n) is 14.1. The summed E-state index contributed by atoms with van der Waals surface area (Å²) in [6, 6.07) is 29.7. The van der Waals surface area contributed by atoms with Gasteiger partial charge in [0.25, 0.3) is 17.7 Å². The van der Waals surface area contributed by atoms with Gasteiger partial charge in [0.05, 0.1) is 64.5 Å². The number of fused-ring (bicyclic) bond motifs is 1. The van der Waals surface area contributed by atoms with Gasteiger partial charge < -0.3 is 38.0 Å². The number of methoxy groups -OCH3 is 3. The van der Waals surface area contributed by atoms with E-state index in [4.69, 9.17) is 49.1 Å². The second-order valence-corrected chi connectivity index (χ2v) is 20.3. The molecular formula is C66H76N10O17+2. The van der Waals surface area contributed by atoms with Crippen LogP contribution in [0.4, 0.5) is 0 Å². The molecule has 3 amide bonds. The molecule has 3 aliphatic heterocycles. The second-order valence-electron chi connectivity index (χ2n) is 20.3. The van der Waals surface area contributed by atoms with Gasteiger partial charge in [-0.3, -0.25) is 44.0 Å². The number of hydrazone groups is 3. The summed E-state index contributed by atoms with van der Waals surface area (Å²) in [7, 11) is 4.77. The number of Topliss-reactive ketones (excluding diaryl/α,β-unsaturated/α-hetero) is 2.